The number of ether oxygens (including phenoxy) is 2. The number of H-pyrrole nitrogens is 1. The van der Waals surface area contributed by atoms with Gasteiger partial charge >= 0.3 is 0 Å². The Morgan fingerprint density at radius 1 is 1.44 bits per heavy atom. The predicted molar refractivity (Wildman–Crippen MR) is 96.2 cm³/mol. The summed E-state index contributed by atoms with van der Waals surface area (Å²) in [5, 5.41) is 2.86. The van der Waals surface area contributed by atoms with Gasteiger partial charge in [0.2, 0.25) is 5.91 Å². The maximum absolute atomic E-state index is 13.4. The molecule has 0 unspecified atom stereocenters. The maximum Gasteiger partial charge on any atom is 0.254 e. The Kier molecular flexibility index (Phi) is 5.85. The SMILES string of the molecule is Cc1nc(C)c(CC(=O)N[C@@H]2COCC[C@@H]2Oc2cccc(F)c2)c(=O)[nH]1. The predicted octanol–water partition coefficient (Wildman–Crippen LogP) is 1.42. The monoisotopic (exact) mass is 375 g/mol. The van der Waals surface area contributed by atoms with Crippen molar-refractivity contribution in [3.63, 3.8) is 0 Å². The minimum Gasteiger partial charge on any atom is -0.488 e. The van der Waals surface area contributed by atoms with Crippen LogP contribution in [0.1, 0.15) is 23.5 Å². The number of amides is 1. The molecule has 0 bridgehead atoms. The number of hydrogen-bond acceptors (Lipinski definition) is 5. The zero-order valence-electron chi connectivity index (χ0n) is 15.3. The van der Waals surface area contributed by atoms with Crippen LogP contribution < -0.4 is 15.6 Å². The molecule has 1 aliphatic heterocycles. The maximum atomic E-state index is 13.4. The first-order valence-electron chi connectivity index (χ1n) is 8.78. The number of nitrogens with zero attached hydrogens (tertiary/aromatic N) is 1. The fourth-order valence-corrected chi connectivity index (χ4v) is 3.09. The molecular weight excluding hydrogens is 353 g/mol. The van der Waals surface area contributed by atoms with E-state index in [1.807, 2.05) is 0 Å². The number of rotatable bonds is 5. The average molecular weight is 375 g/mol. The molecule has 1 aromatic heterocycles. The van der Waals surface area contributed by atoms with Gasteiger partial charge in [0.25, 0.3) is 5.56 Å². The lowest BCUT2D eigenvalue weighted by molar-refractivity contribution is -0.123. The Morgan fingerprint density at radius 2 is 2.26 bits per heavy atom. The summed E-state index contributed by atoms with van der Waals surface area (Å²) in [6.07, 6.45) is 0.130. The van der Waals surface area contributed by atoms with Crippen LogP contribution in [0.3, 0.4) is 0 Å². The third-order valence-electron chi connectivity index (χ3n) is 4.40. The largest absolute Gasteiger partial charge is 0.488 e. The number of halogens is 1. The van der Waals surface area contributed by atoms with Crippen molar-refractivity contribution in [2.75, 3.05) is 13.2 Å². The summed E-state index contributed by atoms with van der Waals surface area (Å²) < 4.78 is 24.6. The zero-order chi connectivity index (χ0) is 19.4. The highest BCUT2D eigenvalue weighted by molar-refractivity contribution is 5.79. The summed E-state index contributed by atoms with van der Waals surface area (Å²) in [4.78, 5) is 31.3. The lowest BCUT2D eigenvalue weighted by atomic mass is 10.1. The first-order chi connectivity index (χ1) is 12.9. The summed E-state index contributed by atoms with van der Waals surface area (Å²) >= 11 is 0. The zero-order valence-corrected chi connectivity index (χ0v) is 15.3. The van der Waals surface area contributed by atoms with Gasteiger partial charge in [-0.05, 0) is 26.0 Å². The molecule has 2 N–H and O–H groups in total. The van der Waals surface area contributed by atoms with Crippen molar-refractivity contribution in [3.05, 3.63) is 57.5 Å². The number of benzene rings is 1. The summed E-state index contributed by atoms with van der Waals surface area (Å²) in [6, 6.07) is 5.48. The van der Waals surface area contributed by atoms with Gasteiger partial charge in [0.15, 0.2) is 0 Å². The highest BCUT2D eigenvalue weighted by Crippen LogP contribution is 2.19. The van der Waals surface area contributed by atoms with Gasteiger partial charge in [-0.1, -0.05) is 6.07 Å². The van der Waals surface area contributed by atoms with E-state index in [1.54, 1.807) is 26.0 Å². The van der Waals surface area contributed by atoms with Crippen molar-refractivity contribution in [3.8, 4) is 5.75 Å². The fraction of sp³-hybridized carbons (Fsp3) is 0.421. The van der Waals surface area contributed by atoms with E-state index in [9.17, 15) is 14.0 Å². The van der Waals surface area contributed by atoms with Crippen LogP contribution in [0.4, 0.5) is 4.39 Å². The minimum absolute atomic E-state index is 0.0857. The molecule has 1 saturated heterocycles. The van der Waals surface area contributed by atoms with Crippen LogP contribution >= 0.6 is 0 Å². The lowest BCUT2D eigenvalue weighted by Gasteiger charge is -2.32. The van der Waals surface area contributed by atoms with Crippen LogP contribution in [-0.2, 0) is 16.0 Å². The van der Waals surface area contributed by atoms with Gasteiger partial charge in [-0.2, -0.15) is 0 Å². The molecule has 7 nitrogen and oxygen atoms in total. The summed E-state index contributed by atoms with van der Waals surface area (Å²) in [6.45, 7) is 4.16. The van der Waals surface area contributed by atoms with Crippen LogP contribution in [0.25, 0.3) is 0 Å². The molecule has 2 aromatic rings. The van der Waals surface area contributed by atoms with Gasteiger partial charge in [0.1, 0.15) is 23.5 Å². The fourth-order valence-electron chi connectivity index (χ4n) is 3.09. The molecule has 2 atom stereocenters. The van der Waals surface area contributed by atoms with E-state index in [0.29, 0.717) is 35.9 Å². The van der Waals surface area contributed by atoms with E-state index in [2.05, 4.69) is 15.3 Å². The second-order valence-electron chi connectivity index (χ2n) is 6.54. The van der Waals surface area contributed by atoms with Crippen molar-refractivity contribution in [2.45, 2.75) is 38.8 Å². The number of hydrogen-bond donors (Lipinski definition) is 2. The molecular formula is C19H22FN3O4. The lowest BCUT2D eigenvalue weighted by Crippen LogP contribution is -2.52. The molecule has 8 heteroatoms. The molecule has 1 aliphatic rings. The standard InChI is InChI=1S/C19H22FN3O4/c1-11-15(19(25)22-12(2)21-11)9-18(24)23-16-10-26-7-6-17(16)27-14-5-3-4-13(20)8-14/h3-5,8,16-17H,6-7,9-10H2,1-2H3,(H,23,24)(H,21,22,25)/t16-,17+/m1/s1. The Morgan fingerprint density at radius 3 is 3.00 bits per heavy atom. The van der Waals surface area contributed by atoms with Gasteiger partial charge in [0.05, 0.1) is 25.7 Å². The van der Waals surface area contributed by atoms with E-state index < -0.39 is 6.04 Å². The highest BCUT2D eigenvalue weighted by Gasteiger charge is 2.29. The first-order valence-corrected chi connectivity index (χ1v) is 8.78. The van der Waals surface area contributed by atoms with Gasteiger partial charge in [-0.25, -0.2) is 9.37 Å². The third kappa shape index (κ3) is 4.91. The van der Waals surface area contributed by atoms with E-state index >= 15 is 0 Å². The van der Waals surface area contributed by atoms with Crippen LogP contribution in [0.5, 0.6) is 5.75 Å². The Balaban J connectivity index is 1.67. The van der Waals surface area contributed by atoms with Gasteiger partial charge in [-0.15, -0.1) is 0 Å². The van der Waals surface area contributed by atoms with Crippen molar-refractivity contribution in [1.29, 1.82) is 0 Å². The normalized spacial score (nSPS) is 19.5. The molecule has 1 aromatic carbocycles. The molecule has 3 rings (SSSR count). The molecule has 144 valence electrons. The molecule has 1 amide bonds. The second kappa shape index (κ2) is 8.30. The summed E-state index contributed by atoms with van der Waals surface area (Å²) in [5.41, 5.74) is 0.541. The highest BCUT2D eigenvalue weighted by atomic mass is 19.1. The van der Waals surface area contributed by atoms with Gasteiger partial charge < -0.3 is 19.8 Å². The van der Waals surface area contributed by atoms with Crippen molar-refractivity contribution in [1.82, 2.24) is 15.3 Å². The number of carbonyl (C=O) groups is 1. The van der Waals surface area contributed by atoms with E-state index in [0.717, 1.165) is 0 Å². The second-order valence-corrected chi connectivity index (χ2v) is 6.54. The molecule has 27 heavy (non-hydrogen) atoms. The van der Waals surface area contributed by atoms with E-state index in [1.165, 1.54) is 12.1 Å². The molecule has 0 aliphatic carbocycles. The Bertz CT molecular complexity index is 883. The number of aryl methyl sites for hydroxylation is 2. The molecule has 0 spiro atoms. The summed E-state index contributed by atoms with van der Waals surface area (Å²) in [5.74, 6) is 0.196. The minimum atomic E-state index is -0.396. The first kappa shape index (κ1) is 19.0. The number of aromatic nitrogens is 2. The number of aromatic amines is 1. The van der Waals surface area contributed by atoms with Crippen LogP contribution in [0, 0.1) is 19.7 Å². The van der Waals surface area contributed by atoms with Crippen LogP contribution in [0.2, 0.25) is 0 Å². The average Bonchev–Trinajstić information content (AvgIpc) is 2.60. The quantitative estimate of drug-likeness (QED) is 0.825. The molecule has 0 saturated carbocycles. The molecule has 2 heterocycles. The van der Waals surface area contributed by atoms with E-state index in [4.69, 9.17) is 9.47 Å². The molecule has 1 fully saturated rings. The number of nitrogens with one attached hydrogen (secondary N) is 2. The number of carbonyl (C=O) groups excluding carboxylic acids is 1. The Hall–Kier alpha value is -2.74. The van der Waals surface area contributed by atoms with Gasteiger partial charge in [0, 0.05) is 23.7 Å². The van der Waals surface area contributed by atoms with Crippen LogP contribution in [0.15, 0.2) is 29.1 Å². The van der Waals surface area contributed by atoms with Crippen molar-refractivity contribution in [2.24, 2.45) is 0 Å². The van der Waals surface area contributed by atoms with Crippen molar-refractivity contribution < 1.29 is 18.7 Å². The van der Waals surface area contributed by atoms with Gasteiger partial charge in [-0.3, -0.25) is 9.59 Å². The Labute approximate surface area is 155 Å². The van der Waals surface area contributed by atoms with Crippen molar-refractivity contribution >= 4 is 5.91 Å². The summed E-state index contributed by atoms with van der Waals surface area (Å²) in [7, 11) is 0. The third-order valence-corrected chi connectivity index (χ3v) is 4.40. The van der Waals surface area contributed by atoms with Crippen LogP contribution in [-0.4, -0.2) is 41.2 Å². The smallest absolute Gasteiger partial charge is 0.254 e. The van der Waals surface area contributed by atoms with E-state index in [-0.39, 0.29) is 36.4 Å². The topological polar surface area (TPSA) is 93.3 Å². The molecule has 0 radical (unpaired) electrons.